The number of H-pyrrole nitrogens is 1. The van der Waals surface area contributed by atoms with Gasteiger partial charge in [-0.1, -0.05) is 20.8 Å². The van der Waals surface area contributed by atoms with Crippen LogP contribution in [-0.4, -0.2) is 40.6 Å². The molecule has 0 spiro atoms. The quantitative estimate of drug-likeness (QED) is 0.891. The summed E-state index contributed by atoms with van der Waals surface area (Å²) in [6.07, 6.45) is 0.538. The minimum absolute atomic E-state index is 0.0385. The molecule has 0 aliphatic carbocycles. The Kier molecular flexibility index (Phi) is 4.86. The van der Waals surface area contributed by atoms with Gasteiger partial charge >= 0.3 is 0 Å². The molecule has 0 saturated carbocycles. The highest BCUT2D eigenvalue weighted by Gasteiger charge is 2.23. The van der Waals surface area contributed by atoms with Crippen molar-refractivity contribution in [1.82, 2.24) is 9.88 Å². The van der Waals surface area contributed by atoms with E-state index in [4.69, 9.17) is 5.11 Å². The number of aliphatic hydroxyl groups excluding tert-OH is 1. The first kappa shape index (κ1) is 16.5. The first-order valence-corrected chi connectivity index (χ1v) is 7.48. The van der Waals surface area contributed by atoms with Gasteiger partial charge in [-0.3, -0.25) is 4.79 Å². The van der Waals surface area contributed by atoms with Crippen molar-refractivity contribution in [2.24, 2.45) is 5.41 Å². The van der Waals surface area contributed by atoms with Gasteiger partial charge in [0.2, 0.25) is 0 Å². The van der Waals surface area contributed by atoms with Crippen LogP contribution in [0.15, 0.2) is 24.3 Å². The van der Waals surface area contributed by atoms with Crippen LogP contribution >= 0.6 is 0 Å². The highest BCUT2D eigenvalue weighted by molar-refractivity contribution is 5.98. The number of aromatic amines is 1. The Morgan fingerprint density at radius 1 is 1.32 bits per heavy atom. The molecule has 2 rings (SSSR count). The highest BCUT2D eigenvalue weighted by Crippen LogP contribution is 2.21. The third-order valence-electron chi connectivity index (χ3n) is 3.35. The van der Waals surface area contributed by atoms with Gasteiger partial charge in [0.1, 0.15) is 11.5 Å². The molecule has 1 aromatic carbocycles. The number of hydrogen-bond acceptors (Lipinski definition) is 2. The van der Waals surface area contributed by atoms with Gasteiger partial charge in [-0.15, -0.1) is 0 Å². The number of rotatable bonds is 5. The van der Waals surface area contributed by atoms with Crippen LogP contribution in [0, 0.1) is 11.2 Å². The van der Waals surface area contributed by atoms with Gasteiger partial charge < -0.3 is 15.0 Å². The van der Waals surface area contributed by atoms with Crippen LogP contribution in [0.5, 0.6) is 0 Å². The molecule has 0 aliphatic heterocycles. The Hall–Kier alpha value is -1.88. The summed E-state index contributed by atoms with van der Waals surface area (Å²) in [6, 6.07) is 6.08. The fraction of sp³-hybridized carbons (Fsp3) is 0.471. The molecule has 0 radical (unpaired) electrons. The Bertz CT molecular complexity index is 658. The van der Waals surface area contributed by atoms with E-state index in [1.165, 1.54) is 12.1 Å². The number of halogens is 1. The number of carbonyl (C=O) groups is 1. The van der Waals surface area contributed by atoms with Gasteiger partial charge in [-0.25, -0.2) is 4.39 Å². The van der Waals surface area contributed by atoms with Gasteiger partial charge in [0.15, 0.2) is 0 Å². The van der Waals surface area contributed by atoms with Crippen molar-refractivity contribution in [2.75, 3.05) is 19.7 Å². The van der Waals surface area contributed by atoms with Crippen molar-refractivity contribution >= 4 is 16.8 Å². The summed E-state index contributed by atoms with van der Waals surface area (Å²) in [6.45, 7) is 7.32. The number of aliphatic hydroxyl groups is 1. The lowest BCUT2D eigenvalue weighted by Crippen LogP contribution is -2.38. The van der Waals surface area contributed by atoms with Gasteiger partial charge in [0.25, 0.3) is 5.91 Å². The maximum absolute atomic E-state index is 13.3. The number of nitrogens with one attached hydrogen (secondary N) is 1. The molecular formula is C17H23FN2O2. The minimum Gasteiger partial charge on any atom is -0.396 e. The predicted octanol–water partition coefficient (Wildman–Crippen LogP) is 3.18. The molecular weight excluding hydrogens is 283 g/mol. The second kappa shape index (κ2) is 6.48. The van der Waals surface area contributed by atoms with Crippen molar-refractivity contribution < 1.29 is 14.3 Å². The van der Waals surface area contributed by atoms with E-state index in [0.717, 1.165) is 5.52 Å². The SMILES string of the molecule is CC(C)(C)CN(CCCO)C(=O)c1cc2cc(F)ccc2[nH]1. The molecule has 0 unspecified atom stereocenters. The molecule has 2 N–H and O–H groups in total. The number of nitrogens with zero attached hydrogens (tertiary/aromatic N) is 1. The van der Waals surface area contributed by atoms with E-state index in [-0.39, 0.29) is 23.7 Å². The van der Waals surface area contributed by atoms with Crippen molar-refractivity contribution in [3.05, 3.63) is 35.8 Å². The molecule has 4 nitrogen and oxygen atoms in total. The summed E-state index contributed by atoms with van der Waals surface area (Å²) in [5.74, 6) is -0.447. The fourth-order valence-electron chi connectivity index (χ4n) is 2.48. The Morgan fingerprint density at radius 3 is 2.68 bits per heavy atom. The zero-order valence-corrected chi connectivity index (χ0v) is 13.3. The van der Waals surface area contributed by atoms with Gasteiger partial charge in [-0.2, -0.15) is 0 Å². The molecule has 120 valence electrons. The summed E-state index contributed by atoms with van der Waals surface area (Å²) < 4.78 is 13.3. The van der Waals surface area contributed by atoms with E-state index in [0.29, 0.717) is 30.6 Å². The molecule has 22 heavy (non-hydrogen) atoms. The lowest BCUT2D eigenvalue weighted by molar-refractivity contribution is 0.0677. The van der Waals surface area contributed by atoms with E-state index >= 15 is 0 Å². The largest absolute Gasteiger partial charge is 0.396 e. The summed E-state index contributed by atoms with van der Waals surface area (Å²) >= 11 is 0. The number of carbonyl (C=O) groups excluding carboxylic acids is 1. The van der Waals surface area contributed by atoms with E-state index in [2.05, 4.69) is 25.8 Å². The van der Waals surface area contributed by atoms with Crippen molar-refractivity contribution in [2.45, 2.75) is 27.2 Å². The van der Waals surface area contributed by atoms with Crippen LogP contribution in [0.3, 0.4) is 0 Å². The molecule has 0 aliphatic rings. The van der Waals surface area contributed by atoms with E-state index in [1.807, 2.05) is 0 Å². The number of hydrogen-bond donors (Lipinski definition) is 2. The average molecular weight is 306 g/mol. The lowest BCUT2D eigenvalue weighted by atomic mass is 9.96. The zero-order valence-electron chi connectivity index (χ0n) is 13.3. The summed E-state index contributed by atoms with van der Waals surface area (Å²) in [5.41, 5.74) is 1.15. The minimum atomic E-state index is -0.322. The van der Waals surface area contributed by atoms with E-state index < -0.39 is 0 Å². The second-order valence-electron chi connectivity index (χ2n) is 6.78. The van der Waals surface area contributed by atoms with Crippen molar-refractivity contribution in [3.8, 4) is 0 Å². The van der Waals surface area contributed by atoms with Gasteiger partial charge in [0.05, 0.1) is 0 Å². The highest BCUT2D eigenvalue weighted by atomic mass is 19.1. The van der Waals surface area contributed by atoms with Crippen molar-refractivity contribution in [1.29, 1.82) is 0 Å². The Labute approximate surface area is 129 Å². The average Bonchev–Trinajstić information content (AvgIpc) is 2.84. The molecule has 1 amide bonds. The third-order valence-corrected chi connectivity index (χ3v) is 3.35. The normalized spacial score (nSPS) is 11.9. The topological polar surface area (TPSA) is 56.3 Å². The predicted molar refractivity (Wildman–Crippen MR) is 85.3 cm³/mol. The zero-order chi connectivity index (χ0) is 16.3. The summed E-state index contributed by atoms with van der Waals surface area (Å²) in [5, 5.41) is 9.70. The molecule has 1 heterocycles. The number of amides is 1. The Morgan fingerprint density at radius 2 is 2.05 bits per heavy atom. The monoisotopic (exact) mass is 306 g/mol. The van der Waals surface area contributed by atoms with Gasteiger partial charge in [-0.05, 0) is 36.1 Å². The van der Waals surface area contributed by atoms with Crippen LogP contribution in [0.25, 0.3) is 10.9 Å². The molecule has 0 fully saturated rings. The molecule has 0 saturated heterocycles. The number of benzene rings is 1. The maximum Gasteiger partial charge on any atom is 0.270 e. The number of fused-ring (bicyclic) bond motifs is 1. The van der Waals surface area contributed by atoms with Crippen molar-refractivity contribution in [3.63, 3.8) is 0 Å². The first-order chi connectivity index (χ1) is 10.3. The van der Waals surface area contributed by atoms with Crippen LogP contribution < -0.4 is 0 Å². The maximum atomic E-state index is 13.3. The molecule has 5 heteroatoms. The molecule has 2 aromatic rings. The van der Waals surface area contributed by atoms with E-state index in [1.54, 1.807) is 17.0 Å². The third kappa shape index (κ3) is 4.07. The first-order valence-electron chi connectivity index (χ1n) is 7.48. The Balaban J connectivity index is 2.26. The van der Waals surface area contributed by atoms with Crippen LogP contribution in [0.2, 0.25) is 0 Å². The molecule has 0 atom stereocenters. The standard InChI is InChI=1S/C17H23FN2O2/c1-17(2,3)11-20(7-4-8-21)16(22)15-10-12-9-13(18)5-6-14(12)19-15/h5-6,9-10,19,21H,4,7-8,11H2,1-3H3. The number of aromatic nitrogens is 1. The fourth-order valence-corrected chi connectivity index (χ4v) is 2.48. The lowest BCUT2D eigenvalue weighted by Gasteiger charge is -2.29. The van der Waals surface area contributed by atoms with Crippen LogP contribution in [0.1, 0.15) is 37.7 Å². The molecule has 1 aromatic heterocycles. The van der Waals surface area contributed by atoms with E-state index in [9.17, 15) is 9.18 Å². The summed E-state index contributed by atoms with van der Waals surface area (Å²) in [7, 11) is 0. The smallest absolute Gasteiger partial charge is 0.270 e. The van der Waals surface area contributed by atoms with Crippen LogP contribution in [0.4, 0.5) is 4.39 Å². The molecule has 0 bridgehead atoms. The van der Waals surface area contributed by atoms with Gasteiger partial charge in [0, 0.05) is 30.6 Å². The summed E-state index contributed by atoms with van der Waals surface area (Å²) in [4.78, 5) is 17.5. The van der Waals surface area contributed by atoms with Crippen LogP contribution in [-0.2, 0) is 0 Å². The second-order valence-corrected chi connectivity index (χ2v) is 6.78.